The summed E-state index contributed by atoms with van der Waals surface area (Å²) in [5.74, 6) is 0.837. The average molecular weight is 320 g/mol. The Balaban J connectivity index is 1.92. The van der Waals surface area contributed by atoms with Crippen molar-refractivity contribution in [2.45, 2.75) is 11.4 Å². The van der Waals surface area contributed by atoms with Crippen LogP contribution in [0.25, 0.3) is 0 Å². The smallest absolute Gasteiger partial charge is 0.266 e. The quantitative estimate of drug-likeness (QED) is 0.897. The predicted molar refractivity (Wildman–Crippen MR) is 84.6 cm³/mol. The van der Waals surface area contributed by atoms with Crippen molar-refractivity contribution in [2.75, 3.05) is 24.3 Å². The number of anilines is 2. The molecule has 0 fully saturated rings. The van der Waals surface area contributed by atoms with E-state index >= 15 is 0 Å². The van der Waals surface area contributed by atoms with Gasteiger partial charge in [0.1, 0.15) is 17.2 Å². The maximum Gasteiger partial charge on any atom is 0.266 e. The van der Waals surface area contributed by atoms with Crippen LogP contribution in [0.15, 0.2) is 50.9 Å². The van der Waals surface area contributed by atoms with Gasteiger partial charge in [0.25, 0.3) is 10.0 Å². The van der Waals surface area contributed by atoms with Crippen molar-refractivity contribution in [1.82, 2.24) is 4.72 Å². The number of hydrogen-bond donors (Lipinski definition) is 2. The van der Waals surface area contributed by atoms with Crippen molar-refractivity contribution in [3.05, 3.63) is 42.4 Å². The number of aliphatic imine (C=N–C) groups is 1. The van der Waals surface area contributed by atoms with E-state index in [2.05, 4.69) is 15.0 Å². The van der Waals surface area contributed by atoms with Crippen LogP contribution in [0.2, 0.25) is 0 Å². The highest BCUT2D eigenvalue weighted by Gasteiger charge is 2.27. The van der Waals surface area contributed by atoms with E-state index in [9.17, 15) is 8.42 Å². The molecule has 0 atom stereocenters. The minimum atomic E-state index is -3.64. The third kappa shape index (κ3) is 2.77. The first kappa shape index (κ1) is 14.5. The van der Waals surface area contributed by atoms with Crippen molar-refractivity contribution >= 4 is 27.4 Å². The lowest BCUT2D eigenvalue weighted by atomic mass is 10.2. The van der Waals surface area contributed by atoms with Crippen molar-refractivity contribution in [1.29, 1.82) is 0 Å². The van der Waals surface area contributed by atoms with Gasteiger partial charge in [0.15, 0.2) is 0 Å². The zero-order chi connectivity index (χ0) is 15.7. The summed E-state index contributed by atoms with van der Waals surface area (Å²) in [4.78, 5) is 6.24. The van der Waals surface area contributed by atoms with Crippen LogP contribution >= 0.6 is 0 Å². The van der Waals surface area contributed by atoms with Crippen LogP contribution in [0, 0.1) is 0 Å². The van der Waals surface area contributed by atoms with Gasteiger partial charge in [-0.2, -0.15) is 0 Å². The minimum absolute atomic E-state index is 0.182. The van der Waals surface area contributed by atoms with Crippen LogP contribution < -0.4 is 14.9 Å². The molecule has 2 N–H and O–H groups in total. The molecule has 8 heteroatoms. The predicted octanol–water partition coefficient (Wildman–Crippen LogP) is 1.61. The van der Waals surface area contributed by atoms with Crippen LogP contribution in [-0.4, -0.2) is 28.5 Å². The summed E-state index contributed by atoms with van der Waals surface area (Å²) in [5.41, 5.74) is 1.31. The van der Waals surface area contributed by atoms with Crippen molar-refractivity contribution in [3.8, 4) is 0 Å². The molecular weight excluding hydrogens is 304 g/mol. The third-order valence-electron chi connectivity index (χ3n) is 3.23. The first-order valence-corrected chi connectivity index (χ1v) is 8.12. The third-order valence-corrected chi connectivity index (χ3v) is 4.61. The zero-order valence-electron chi connectivity index (χ0n) is 12.2. The molecule has 0 aliphatic carbocycles. The van der Waals surface area contributed by atoms with Crippen LogP contribution in [0.5, 0.6) is 0 Å². The van der Waals surface area contributed by atoms with E-state index < -0.39 is 10.0 Å². The number of nitrogens with zero attached hydrogens (tertiary/aromatic N) is 2. The Labute approximate surface area is 128 Å². The number of sulfonamides is 1. The first-order chi connectivity index (χ1) is 10.5. The number of hydrogen-bond acceptors (Lipinski definition) is 5. The lowest BCUT2D eigenvalue weighted by Gasteiger charge is -2.23. The highest BCUT2D eigenvalue weighted by molar-refractivity contribution is 7.90. The SMILES string of the molecule is CN(C)c1ccc2c(c1)S(=O)(=O)NC(=NCc1ccco1)N2. The highest BCUT2D eigenvalue weighted by atomic mass is 32.2. The summed E-state index contributed by atoms with van der Waals surface area (Å²) >= 11 is 0. The van der Waals surface area contributed by atoms with Gasteiger partial charge >= 0.3 is 0 Å². The second kappa shape index (κ2) is 5.38. The van der Waals surface area contributed by atoms with Crippen LogP contribution in [0.4, 0.5) is 11.4 Å². The molecular formula is C14H16N4O3S. The number of nitrogens with one attached hydrogen (secondary N) is 2. The van der Waals surface area contributed by atoms with Gasteiger partial charge < -0.3 is 14.6 Å². The Kier molecular flexibility index (Phi) is 3.53. The fourth-order valence-electron chi connectivity index (χ4n) is 2.08. The van der Waals surface area contributed by atoms with Crippen molar-refractivity contribution in [2.24, 2.45) is 4.99 Å². The highest BCUT2D eigenvalue weighted by Crippen LogP contribution is 2.28. The summed E-state index contributed by atoms with van der Waals surface area (Å²) in [6.45, 7) is 0.253. The fraction of sp³-hybridized carbons (Fsp3) is 0.214. The van der Waals surface area contributed by atoms with Gasteiger partial charge in [-0.05, 0) is 30.3 Å². The van der Waals surface area contributed by atoms with E-state index in [1.165, 1.54) is 0 Å². The summed E-state index contributed by atoms with van der Waals surface area (Å²) in [7, 11) is 0.0720. The fourth-order valence-corrected chi connectivity index (χ4v) is 3.25. The molecule has 2 aromatic rings. The van der Waals surface area contributed by atoms with Gasteiger partial charge in [0, 0.05) is 19.8 Å². The number of furan rings is 1. The zero-order valence-corrected chi connectivity index (χ0v) is 13.0. The maximum atomic E-state index is 12.3. The molecule has 1 aliphatic heterocycles. The minimum Gasteiger partial charge on any atom is -0.467 e. The van der Waals surface area contributed by atoms with E-state index in [4.69, 9.17) is 4.42 Å². The molecule has 7 nitrogen and oxygen atoms in total. The standard InChI is InChI=1S/C14H16N4O3S/c1-18(2)10-5-6-12-13(8-10)22(19,20)17-14(16-12)15-9-11-4-3-7-21-11/h3-8H,9H2,1-2H3,(H2,15,16,17). The van der Waals surface area contributed by atoms with Gasteiger partial charge in [-0.3, -0.25) is 0 Å². The van der Waals surface area contributed by atoms with Gasteiger partial charge in [-0.25, -0.2) is 18.1 Å². The Morgan fingerprint density at radius 2 is 2.09 bits per heavy atom. The van der Waals surface area contributed by atoms with Gasteiger partial charge in [0.05, 0.1) is 12.0 Å². The molecule has 0 spiro atoms. The number of fused-ring (bicyclic) bond motifs is 1. The molecule has 0 radical (unpaired) electrons. The Hall–Kier alpha value is -2.48. The number of guanidine groups is 1. The molecule has 1 aliphatic rings. The van der Waals surface area contributed by atoms with Crippen molar-refractivity contribution in [3.63, 3.8) is 0 Å². The molecule has 3 rings (SSSR count). The van der Waals surface area contributed by atoms with E-state index in [0.29, 0.717) is 11.4 Å². The second-order valence-electron chi connectivity index (χ2n) is 5.05. The number of benzene rings is 1. The molecule has 1 aromatic heterocycles. The molecule has 0 unspecified atom stereocenters. The lowest BCUT2D eigenvalue weighted by Crippen LogP contribution is -2.40. The van der Waals surface area contributed by atoms with Crippen LogP contribution in [0.1, 0.15) is 5.76 Å². The summed E-state index contributed by atoms with van der Waals surface area (Å²) in [5, 5.41) is 2.98. The summed E-state index contributed by atoms with van der Waals surface area (Å²) in [6, 6.07) is 8.72. The van der Waals surface area contributed by atoms with E-state index in [-0.39, 0.29) is 17.4 Å². The molecule has 0 amide bonds. The maximum absolute atomic E-state index is 12.3. The van der Waals surface area contributed by atoms with Crippen LogP contribution in [0.3, 0.4) is 0 Å². The molecule has 2 heterocycles. The Morgan fingerprint density at radius 1 is 1.27 bits per heavy atom. The van der Waals surface area contributed by atoms with Gasteiger partial charge in [0.2, 0.25) is 5.96 Å². The van der Waals surface area contributed by atoms with Crippen molar-refractivity contribution < 1.29 is 12.8 Å². The van der Waals surface area contributed by atoms with E-state index in [1.807, 2.05) is 25.1 Å². The Morgan fingerprint density at radius 3 is 2.77 bits per heavy atom. The molecule has 0 bridgehead atoms. The van der Waals surface area contributed by atoms with E-state index in [0.717, 1.165) is 5.69 Å². The normalized spacial score (nSPS) is 17.5. The first-order valence-electron chi connectivity index (χ1n) is 6.64. The molecule has 0 saturated heterocycles. The Bertz CT molecular complexity index is 811. The molecule has 1 aromatic carbocycles. The largest absolute Gasteiger partial charge is 0.467 e. The van der Waals surface area contributed by atoms with Gasteiger partial charge in [-0.15, -0.1) is 0 Å². The summed E-state index contributed by atoms with van der Waals surface area (Å²) < 4.78 is 32.3. The molecule has 22 heavy (non-hydrogen) atoms. The topological polar surface area (TPSA) is 86.9 Å². The average Bonchev–Trinajstić information content (AvgIpc) is 2.97. The van der Waals surface area contributed by atoms with Gasteiger partial charge in [-0.1, -0.05) is 0 Å². The summed E-state index contributed by atoms with van der Waals surface area (Å²) in [6.07, 6.45) is 1.55. The monoisotopic (exact) mass is 320 g/mol. The number of rotatable bonds is 3. The lowest BCUT2D eigenvalue weighted by molar-refractivity contribution is 0.512. The van der Waals surface area contributed by atoms with Crippen LogP contribution in [-0.2, 0) is 16.6 Å². The van der Waals surface area contributed by atoms with E-state index in [1.54, 1.807) is 30.5 Å². The molecule has 0 saturated carbocycles. The molecule has 116 valence electrons. The second-order valence-corrected chi connectivity index (χ2v) is 6.70.